The molecule has 2 aromatic carbocycles. The Labute approximate surface area is 260 Å². The highest BCUT2D eigenvalue weighted by molar-refractivity contribution is 7.90. The molecule has 0 radical (unpaired) electrons. The van der Waals surface area contributed by atoms with Crippen LogP contribution in [-0.2, 0) is 26.2 Å². The molecule has 0 bridgehead atoms. The summed E-state index contributed by atoms with van der Waals surface area (Å²) in [5.41, 5.74) is 0.923. The Morgan fingerprint density at radius 2 is 1.66 bits per heavy atom. The van der Waals surface area contributed by atoms with Gasteiger partial charge < -0.3 is 19.6 Å². The molecule has 1 aliphatic heterocycles. The van der Waals surface area contributed by atoms with Gasteiger partial charge in [-0.2, -0.15) is 0 Å². The van der Waals surface area contributed by atoms with Crippen molar-refractivity contribution in [2.24, 2.45) is 0 Å². The first kappa shape index (κ1) is 33.1. The van der Waals surface area contributed by atoms with Gasteiger partial charge in [-0.1, -0.05) is 43.4 Å². The zero-order chi connectivity index (χ0) is 31.4. The van der Waals surface area contributed by atoms with Gasteiger partial charge in [-0.25, -0.2) is 12.4 Å². The zero-order valence-electron chi connectivity index (χ0n) is 25.3. The standard InChI is InChI=1S/C34H43N3O6S/c1-2-20-36(33(38)16-9-3-4-10-17-34(39)40)27-29-25-28-26-30(43-24-13-23-35-21-11-6-12-22-35)18-19-32(28)37(29)44(41,42)31-14-7-5-8-15-31/h1,5,7-8,14-15,18-19,25-26H,3-4,6,9-13,16-17,20-24,27H2,(H,39,40). The van der Waals surface area contributed by atoms with E-state index in [1.807, 2.05) is 6.07 Å². The maximum atomic E-state index is 13.9. The molecule has 0 aliphatic carbocycles. The molecule has 1 saturated heterocycles. The molecule has 236 valence electrons. The number of unbranched alkanes of at least 4 members (excludes halogenated alkanes) is 3. The summed E-state index contributed by atoms with van der Waals surface area (Å²) in [6.07, 6.45) is 13.3. The van der Waals surface area contributed by atoms with Crippen LogP contribution in [0.2, 0.25) is 0 Å². The van der Waals surface area contributed by atoms with E-state index in [0.29, 0.717) is 41.8 Å². The Kier molecular flexibility index (Phi) is 12.3. The number of rotatable bonds is 17. The summed E-state index contributed by atoms with van der Waals surface area (Å²) < 4.78 is 35.3. The maximum absolute atomic E-state index is 13.9. The van der Waals surface area contributed by atoms with Gasteiger partial charge in [0.2, 0.25) is 5.91 Å². The summed E-state index contributed by atoms with van der Waals surface area (Å²) in [5, 5.41) is 9.50. The highest BCUT2D eigenvalue weighted by atomic mass is 32.2. The molecule has 44 heavy (non-hydrogen) atoms. The summed E-state index contributed by atoms with van der Waals surface area (Å²) in [6, 6.07) is 15.4. The van der Waals surface area contributed by atoms with E-state index in [0.717, 1.165) is 38.9 Å². The lowest BCUT2D eigenvalue weighted by Crippen LogP contribution is -2.32. The van der Waals surface area contributed by atoms with Gasteiger partial charge in [0.1, 0.15) is 5.75 Å². The Balaban J connectivity index is 1.53. The number of fused-ring (bicyclic) bond motifs is 1. The lowest BCUT2D eigenvalue weighted by molar-refractivity contribution is -0.137. The number of ether oxygens (including phenoxy) is 1. The predicted molar refractivity (Wildman–Crippen MR) is 171 cm³/mol. The number of carbonyl (C=O) groups excluding carboxylic acids is 1. The average molecular weight is 622 g/mol. The normalized spacial score (nSPS) is 13.9. The van der Waals surface area contributed by atoms with Crippen molar-refractivity contribution in [3.8, 4) is 18.1 Å². The van der Waals surface area contributed by atoms with Gasteiger partial charge in [-0.05, 0) is 81.6 Å². The molecule has 2 heterocycles. The van der Waals surface area contributed by atoms with Crippen LogP contribution >= 0.6 is 0 Å². The van der Waals surface area contributed by atoms with Crippen LogP contribution in [0.25, 0.3) is 10.9 Å². The summed E-state index contributed by atoms with van der Waals surface area (Å²) >= 11 is 0. The summed E-state index contributed by atoms with van der Waals surface area (Å²) in [7, 11) is -3.99. The van der Waals surface area contributed by atoms with Crippen molar-refractivity contribution in [1.29, 1.82) is 0 Å². The lowest BCUT2D eigenvalue weighted by Gasteiger charge is -2.26. The third kappa shape index (κ3) is 9.10. The molecule has 0 atom stereocenters. The number of likely N-dealkylation sites (tertiary alicyclic amines) is 1. The molecule has 1 N–H and O–H groups in total. The number of hydrogen-bond donors (Lipinski definition) is 1. The monoisotopic (exact) mass is 621 g/mol. The van der Waals surface area contributed by atoms with Crippen molar-refractivity contribution in [3.63, 3.8) is 0 Å². The van der Waals surface area contributed by atoms with Crippen molar-refractivity contribution in [2.45, 2.75) is 75.6 Å². The number of piperidine rings is 1. The molecule has 10 heteroatoms. The molecule has 9 nitrogen and oxygen atoms in total. The number of carboxylic acid groups (broad SMARTS) is 1. The largest absolute Gasteiger partial charge is 0.494 e. The third-order valence-electron chi connectivity index (χ3n) is 7.94. The first-order chi connectivity index (χ1) is 21.3. The van der Waals surface area contributed by atoms with E-state index in [-0.39, 0.29) is 36.7 Å². The van der Waals surface area contributed by atoms with Crippen LogP contribution in [0.5, 0.6) is 5.75 Å². The van der Waals surface area contributed by atoms with E-state index in [9.17, 15) is 18.0 Å². The van der Waals surface area contributed by atoms with Crippen LogP contribution in [0.3, 0.4) is 0 Å². The molecular formula is C34H43N3O6S. The van der Waals surface area contributed by atoms with Gasteiger partial charge in [0.25, 0.3) is 10.0 Å². The summed E-state index contributed by atoms with van der Waals surface area (Å²) in [6.45, 7) is 3.91. The summed E-state index contributed by atoms with van der Waals surface area (Å²) in [5.74, 6) is 2.20. The van der Waals surface area contributed by atoms with Gasteiger partial charge in [0.15, 0.2) is 0 Å². The van der Waals surface area contributed by atoms with Gasteiger partial charge >= 0.3 is 5.97 Å². The molecule has 0 unspecified atom stereocenters. The van der Waals surface area contributed by atoms with E-state index in [1.54, 1.807) is 48.5 Å². The zero-order valence-corrected chi connectivity index (χ0v) is 26.1. The quantitative estimate of drug-likeness (QED) is 0.156. The van der Waals surface area contributed by atoms with E-state index < -0.39 is 16.0 Å². The fourth-order valence-corrected chi connectivity index (χ4v) is 7.23. The van der Waals surface area contributed by atoms with E-state index >= 15 is 0 Å². The van der Waals surface area contributed by atoms with Gasteiger partial charge in [-0.15, -0.1) is 6.42 Å². The predicted octanol–water partition coefficient (Wildman–Crippen LogP) is 5.52. The molecule has 3 aromatic rings. The van der Waals surface area contributed by atoms with Crippen LogP contribution in [0.1, 0.15) is 69.9 Å². The topological polar surface area (TPSA) is 109 Å². The van der Waals surface area contributed by atoms with Crippen LogP contribution in [0.15, 0.2) is 59.5 Å². The van der Waals surface area contributed by atoms with E-state index in [1.165, 1.54) is 28.1 Å². The minimum absolute atomic E-state index is 0.0226. The van der Waals surface area contributed by atoms with Crippen molar-refractivity contribution in [1.82, 2.24) is 13.8 Å². The Hall–Kier alpha value is -3.81. The van der Waals surface area contributed by atoms with Crippen molar-refractivity contribution in [3.05, 3.63) is 60.3 Å². The molecule has 1 amide bonds. The molecule has 4 rings (SSSR count). The van der Waals surface area contributed by atoms with Crippen molar-refractivity contribution in [2.75, 3.05) is 32.8 Å². The lowest BCUT2D eigenvalue weighted by atomic mass is 10.1. The Bertz CT molecular complexity index is 1540. The third-order valence-corrected chi connectivity index (χ3v) is 9.72. The van der Waals surface area contributed by atoms with Crippen LogP contribution < -0.4 is 4.74 Å². The van der Waals surface area contributed by atoms with Crippen molar-refractivity contribution < 1.29 is 27.9 Å². The second-order valence-electron chi connectivity index (χ2n) is 11.3. The van der Waals surface area contributed by atoms with E-state index in [4.69, 9.17) is 16.3 Å². The van der Waals surface area contributed by atoms with E-state index in [2.05, 4.69) is 10.8 Å². The number of terminal acetylenes is 1. The maximum Gasteiger partial charge on any atom is 0.303 e. The first-order valence-corrected chi connectivity index (χ1v) is 17.0. The SMILES string of the molecule is C#CCN(Cc1cc2cc(OCCCN3CCCCC3)ccc2n1S(=O)(=O)c1ccccc1)C(=O)CCCCCCC(=O)O. The number of carbonyl (C=O) groups is 2. The van der Waals surface area contributed by atoms with Crippen molar-refractivity contribution >= 4 is 32.8 Å². The number of benzene rings is 2. The second-order valence-corrected chi connectivity index (χ2v) is 13.1. The van der Waals surface area contributed by atoms with Gasteiger partial charge in [0.05, 0.1) is 35.8 Å². The first-order valence-electron chi connectivity index (χ1n) is 15.5. The highest BCUT2D eigenvalue weighted by Crippen LogP contribution is 2.30. The smallest absolute Gasteiger partial charge is 0.303 e. The van der Waals surface area contributed by atoms with Crippen LogP contribution in [-0.4, -0.2) is 72.0 Å². The summed E-state index contributed by atoms with van der Waals surface area (Å²) in [4.78, 5) is 28.0. The van der Waals surface area contributed by atoms with Gasteiger partial charge in [0, 0.05) is 24.8 Å². The number of amides is 1. The fourth-order valence-electron chi connectivity index (χ4n) is 5.67. The Morgan fingerprint density at radius 3 is 2.36 bits per heavy atom. The average Bonchev–Trinajstić information content (AvgIpc) is 3.39. The second kappa shape index (κ2) is 16.3. The number of hydrogen-bond acceptors (Lipinski definition) is 6. The van der Waals surface area contributed by atoms with Crippen LogP contribution in [0, 0.1) is 12.3 Å². The minimum Gasteiger partial charge on any atom is -0.494 e. The molecular weight excluding hydrogens is 578 g/mol. The highest BCUT2D eigenvalue weighted by Gasteiger charge is 2.25. The molecule has 1 aliphatic rings. The van der Waals surface area contributed by atoms with Crippen LogP contribution in [0.4, 0.5) is 0 Å². The molecule has 0 spiro atoms. The molecule has 0 saturated carbocycles. The Morgan fingerprint density at radius 1 is 0.932 bits per heavy atom. The van der Waals surface area contributed by atoms with Gasteiger partial charge in [-0.3, -0.25) is 9.59 Å². The number of nitrogens with zero attached hydrogens (tertiary/aromatic N) is 3. The number of aromatic nitrogens is 1. The molecule has 1 aromatic heterocycles. The minimum atomic E-state index is -3.99. The number of carboxylic acids is 1. The molecule has 1 fully saturated rings. The number of aliphatic carboxylic acids is 1. The fraction of sp³-hybridized carbons (Fsp3) is 0.471.